The van der Waals surface area contributed by atoms with Crippen LogP contribution >= 0.6 is 46.4 Å². The maximum atomic E-state index is 6.48. The summed E-state index contributed by atoms with van der Waals surface area (Å²) in [6.07, 6.45) is 10.4. The van der Waals surface area contributed by atoms with E-state index in [1.54, 1.807) is 0 Å². The summed E-state index contributed by atoms with van der Waals surface area (Å²) in [5.74, 6) is 2.02. The molecule has 0 aliphatic carbocycles. The number of hydrogen-bond acceptors (Lipinski definition) is 2. The van der Waals surface area contributed by atoms with Crippen LogP contribution < -0.4 is 14.4 Å². The second kappa shape index (κ2) is 12.5. The molecule has 0 amide bonds. The van der Waals surface area contributed by atoms with E-state index in [4.69, 9.17) is 46.4 Å². The van der Waals surface area contributed by atoms with E-state index in [0.29, 0.717) is 20.1 Å². The van der Waals surface area contributed by atoms with Gasteiger partial charge in [0.1, 0.15) is 11.5 Å². The monoisotopic (exact) mass is 645 g/mol. The van der Waals surface area contributed by atoms with Gasteiger partial charge in [-0.05, 0) is 56.3 Å². The highest BCUT2D eigenvalue weighted by Gasteiger charge is 2.32. The Hall–Kier alpha value is -3.67. The van der Waals surface area contributed by atoms with Crippen LogP contribution in [-0.4, -0.2) is 11.1 Å². The number of para-hydroxylation sites is 2. The maximum Gasteiger partial charge on any atom is 0.287 e. The molecule has 43 heavy (non-hydrogen) atoms. The zero-order chi connectivity index (χ0) is 30.1. The van der Waals surface area contributed by atoms with Crippen molar-refractivity contribution >= 4 is 80.6 Å². The molecule has 0 spiro atoms. The molecule has 8 heteroatoms. The number of allylic oxidation sites excluding steroid dienone is 4. The van der Waals surface area contributed by atoms with E-state index in [-0.39, 0.29) is 0 Å². The van der Waals surface area contributed by atoms with Crippen LogP contribution in [0.15, 0.2) is 115 Å². The van der Waals surface area contributed by atoms with Crippen molar-refractivity contribution in [3.05, 3.63) is 141 Å². The Morgan fingerprint density at radius 3 is 1.93 bits per heavy atom. The molecular formula is C35H29Cl4N4+. The number of imidazole rings is 1. The lowest BCUT2D eigenvalue weighted by atomic mass is 10.2. The van der Waals surface area contributed by atoms with Crippen molar-refractivity contribution in [1.29, 1.82) is 0 Å². The molecule has 4 aromatic carbocycles. The largest absolute Gasteiger partial charge is 0.326 e. The van der Waals surface area contributed by atoms with Gasteiger partial charge in [-0.2, -0.15) is 4.57 Å². The Balaban J connectivity index is 1.41. The van der Waals surface area contributed by atoms with E-state index < -0.39 is 0 Å². The van der Waals surface area contributed by atoms with Crippen molar-refractivity contribution in [1.82, 2.24) is 4.57 Å². The smallest absolute Gasteiger partial charge is 0.287 e. The molecule has 2 heterocycles. The second-order valence-corrected chi connectivity index (χ2v) is 11.6. The Morgan fingerprint density at radius 1 is 0.674 bits per heavy atom. The van der Waals surface area contributed by atoms with Crippen molar-refractivity contribution in [3.8, 4) is 5.69 Å². The molecule has 0 unspecified atom stereocenters. The van der Waals surface area contributed by atoms with Crippen molar-refractivity contribution in [2.75, 3.05) is 16.3 Å². The van der Waals surface area contributed by atoms with Gasteiger partial charge < -0.3 is 4.90 Å². The summed E-state index contributed by atoms with van der Waals surface area (Å²) in [5, 5.41) is 2.12. The average molecular weight is 647 g/mol. The van der Waals surface area contributed by atoms with E-state index in [0.717, 1.165) is 58.5 Å². The summed E-state index contributed by atoms with van der Waals surface area (Å²) >= 11 is 25.9. The summed E-state index contributed by atoms with van der Waals surface area (Å²) in [4.78, 5) is 4.45. The summed E-state index contributed by atoms with van der Waals surface area (Å²) in [6, 6.07) is 28.3. The molecule has 0 atom stereocenters. The van der Waals surface area contributed by atoms with Gasteiger partial charge in [0.05, 0.1) is 38.0 Å². The number of fused-ring (bicyclic) bond motifs is 2. The standard InChI is InChI=1S/C35H29Cl4N4/c1-3-40-30-20-26(36)28(38)22-32(30)42(24-14-8-5-9-15-24)34(40)18-12-7-13-19-35-41(4-2)31-21-27(37)29(39)23-33(31)43(35)25-16-10-6-11-17-25/h5-23H,3-4H2,1-2H3/q+1. The molecule has 216 valence electrons. The van der Waals surface area contributed by atoms with E-state index in [2.05, 4.69) is 81.4 Å². The molecule has 1 aliphatic heterocycles. The third kappa shape index (κ3) is 5.45. The minimum Gasteiger partial charge on any atom is -0.326 e. The summed E-state index contributed by atoms with van der Waals surface area (Å²) < 4.78 is 4.45. The molecule has 0 saturated carbocycles. The van der Waals surface area contributed by atoms with Crippen molar-refractivity contribution in [2.24, 2.45) is 0 Å². The Morgan fingerprint density at radius 2 is 1.28 bits per heavy atom. The van der Waals surface area contributed by atoms with Crippen LogP contribution in [0.25, 0.3) is 22.8 Å². The molecule has 5 aromatic rings. The lowest BCUT2D eigenvalue weighted by Gasteiger charge is -2.24. The first-order chi connectivity index (χ1) is 20.9. The Labute approximate surface area is 271 Å². The number of anilines is 3. The quantitative estimate of drug-likeness (QED) is 0.129. The topological polar surface area (TPSA) is 15.3 Å². The maximum absolute atomic E-state index is 6.48. The van der Waals surface area contributed by atoms with Gasteiger partial charge in [-0.1, -0.05) is 101 Å². The van der Waals surface area contributed by atoms with Gasteiger partial charge in [-0.3, -0.25) is 4.90 Å². The Bertz CT molecular complexity index is 1890. The molecule has 0 fully saturated rings. The molecular weight excluding hydrogens is 618 g/mol. The summed E-state index contributed by atoms with van der Waals surface area (Å²) in [6.45, 7) is 5.79. The zero-order valence-electron chi connectivity index (χ0n) is 23.7. The van der Waals surface area contributed by atoms with Crippen molar-refractivity contribution in [2.45, 2.75) is 20.4 Å². The average Bonchev–Trinajstić information content (AvgIpc) is 3.48. The Kier molecular flexibility index (Phi) is 8.56. The normalized spacial score (nSPS) is 14.2. The van der Waals surface area contributed by atoms with Gasteiger partial charge in [-0.15, -0.1) is 0 Å². The van der Waals surface area contributed by atoms with Crippen LogP contribution in [-0.2, 0) is 6.54 Å². The predicted molar refractivity (Wildman–Crippen MR) is 183 cm³/mol. The van der Waals surface area contributed by atoms with Crippen LogP contribution in [0.4, 0.5) is 17.1 Å². The van der Waals surface area contributed by atoms with Crippen LogP contribution in [0.1, 0.15) is 19.7 Å². The van der Waals surface area contributed by atoms with E-state index in [9.17, 15) is 0 Å². The lowest BCUT2D eigenvalue weighted by molar-refractivity contribution is -0.670. The van der Waals surface area contributed by atoms with E-state index in [1.807, 2.05) is 66.7 Å². The molecule has 6 rings (SSSR count). The first-order valence-corrected chi connectivity index (χ1v) is 15.6. The highest BCUT2D eigenvalue weighted by Crippen LogP contribution is 2.48. The van der Waals surface area contributed by atoms with Gasteiger partial charge in [0.25, 0.3) is 5.82 Å². The predicted octanol–water partition coefficient (Wildman–Crippen LogP) is 10.6. The molecule has 0 saturated heterocycles. The van der Waals surface area contributed by atoms with E-state index in [1.165, 1.54) is 0 Å². The summed E-state index contributed by atoms with van der Waals surface area (Å²) in [7, 11) is 0. The van der Waals surface area contributed by atoms with E-state index >= 15 is 0 Å². The first-order valence-electron chi connectivity index (χ1n) is 14.1. The SMILES string of the molecule is CCN1C(=CC=CC=Cc2n(-c3ccccc3)c3cc(Cl)c(Cl)cc3[n+]2CC)N(c2ccccc2)c2cc(Cl)c(Cl)cc21. The third-order valence-corrected chi connectivity index (χ3v) is 8.93. The third-order valence-electron chi connectivity index (χ3n) is 7.48. The number of aryl methyl sites for hydroxylation is 1. The van der Waals surface area contributed by atoms with Crippen LogP contribution in [0.2, 0.25) is 20.1 Å². The molecule has 4 nitrogen and oxygen atoms in total. The zero-order valence-corrected chi connectivity index (χ0v) is 26.7. The fourth-order valence-electron chi connectivity index (χ4n) is 5.62. The highest BCUT2D eigenvalue weighted by atomic mass is 35.5. The van der Waals surface area contributed by atoms with Crippen LogP contribution in [0.3, 0.4) is 0 Å². The molecule has 0 N–H and O–H groups in total. The van der Waals surface area contributed by atoms with Gasteiger partial charge in [0.2, 0.25) is 0 Å². The number of benzene rings is 4. The molecule has 1 aromatic heterocycles. The molecule has 1 aliphatic rings. The van der Waals surface area contributed by atoms with Crippen LogP contribution in [0.5, 0.6) is 0 Å². The number of halogens is 4. The highest BCUT2D eigenvalue weighted by molar-refractivity contribution is 6.43. The summed E-state index contributed by atoms with van der Waals surface area (Å²) in [5.41, 5.74) is 6.11. The van der Waals surface area contributed by atoms with Gasteiger partial charge in [0.15, 0.2) is 11.0 Å². The number of nitrogens with zero attached hydrogens (tertiary/aromatic N) is 4. The first kappa shape index (κ1) is 29.4. The minimum absolute atomic E-state index is 0.526. The van der Waals surface area contributed by atoms with Gasteiger partial charge in [-0.25, -0.2) is 4.57 Å². The second-order valence-electron chi connectivity index (χ2n) is 9.97. The van der Waals surface area contributed by atoms with Gasteiger partial charge >= 0.3 is 0 Å². The molecule has 0 radical (unpaired) electrons. The minimum atomic E-state index is 0.526. The van der Waals surface area contributed by atoms with Crippen molar-refractivity contribution in [3.63, 3.8) is 0 Å². The van der Waals surface area contributed by atoms with Gasteiger partial charge in [0, 0.05) is 30.4 Å². The molecule has 0 bridgehead atoms. The number of aromatic nitrogens is 2. The number of rotatable bonds is 7. The van der Waals surface area contributed by atoms with Crippen LogP contribution in [0, 0.1) is 0 Å². The number of hydrogen-bond donors (Lipinski definition) is 0. The lowest BCUT2D eigenvalue weighted by Crippen LogP contribution is -2.35. The van der Waals surface area contributed by atoms with Crippen molar-refractivity contribution < 1.29 is 4.57 Å². The fourth-order valence-corrected chi connectivity index (χ4v) is 6.25. The fraction of sp³-hybridized carbons (Fsp3) is 0.114.